The highest BCUT2D eigenvalue weighted by Gasteiger charge is 2.21. The van der Waals surface area contributed by atoms with Gasteiger partial charge in [0.2, 0.25) is 0 Å². The van der Waals surface area contributed by atoms with Crippen molar-refractivity contribution in [1.29, 1.82) is 0 Å². The molecule has 0 spiro atoms. The number of aliphatic imine (C=N–C) groups is 1. The molecule has 0 radical (unpaired) electrons. The van der Waals surface area contributed by atoms with Crippen LogP contribution < -0.4 is 15.2 Å². The molecule has 3 rings (SSSR count). The fourth-order valence-corrected chi connectivity index (χ4v) is 3.46. The first-order chi connectivity index (χ1) is 12.9. The van der Waals surface area contributed by atoms with Crippen LogP contribution in [0, 0.1) is 5.82 Å². The van der Waals surface area contributed by atoms with E-state index in [1.54, 1.807) is 18.2 Å². The Labute approximate surface area is 166 Å². The van der Waals surface area contributed by atoms with E-state index < -0.39 is 17.7 Å². The number of carbonyl (C=O) groups excluding carboxylic acids is 2. The SMILES string of the molecule is COc1cc(/C=C2\SC(N)=NC2=O)cc(Br)c1OC(=O)c1ccc(F)cc1. The number of esters is 1. The number of rotatable bonds is 4. The molecular weight excluding hydrogens is 439 g/mol. The van der Waals surface area contributed by atoms with E-state index in [1.165, 1.54) is 31.4 Å². The molecular formula is C18H12BrFN2O4S. The second-order valence-electron chi connectivity index (χ2n) is 5.30. The third kappa shape index (κ3) is 4.37. The highest BCUT2D eigenvalue weighted by molar-refractivity contribution is 9.10. The second kappa shape index (κ2) is 7.93. The van der Waals surface area contributed by atoms with Gasteiger partial charge in [0.25, 0.3) is 5.91 Å². The van der Waals surface area contributed by atoms with Crippen molar-refractivity contribution in [2.45, 2.75) is 0 Å². The molecule has 0 atom stereocenters. The Morgan fingerprint density at radius 3 is 2.59 bits per heavy atom. The molecule has 0 aromatic heterocycles. The number of amides is 1. The quantitative estimate of drug-likeness (QED) is 0.433. The molecule has 138 valence electrons. The number of hydrogen-bond donors (Lipinski definition) is 1. The van der Waals surface area contributed by atoms with Gasteiger partial charge in [0.05, 0.1) is 22.1 Å². The monoisotopic (exact) mass is 450 g/mol. The normalized spacial score (nSPS) is 15.0. The number of benzene rings is 2. The molecule has 0 bridgehead atoms. The van der Waals surface area contributed by atoms with Crippen molar-refractivity contribution in [2.24, 2.45) is 10.7 Å². The van der Waals surface area contributed by atoms with E-state index in [9.17, 15) is 14.0 Å². The summed E-state index contributed by atoms with van der Waals surface area (Å²) in [6.45, 7) is 0. The minimum absolute atomic E-state index is 0.162. The molecule has 0 unspecified atom stereocenters. The third-order valence-electron chi connectivity index (χ3n) is 3.46. The zero-order valence-corrected chi connectivity index (χ0v) is 16.3. The molecule has 1 amide bonds. The lowest BCUT2D eigenvalue weighted by molar-refractivity contribution is -0.113. The first kappa shape index (κ1) is 19.1. The summed E-state index contributed by atoms with van der Waals surface area (Å²) in [5, 5.41) is 0.183. The minimum atomic E-state index is -0.664. The summed E-state index contributed by atoms with van der Waals surface area (Å²) >= 11 is 4.40. The Morgan fingerprint density at radius 1 is 1.30 bits per heavy atom. The first-order valence-electron chi connectivity index (χ1n) is 7.50. The van der Waals surface area contributed by atoms with Crippen molar-refractivity contribution in [1.82, 2.24) is 0 Å². The van der Waals surface area contributed by atoms with Gasteiger partial charge in [-0.2, -0.15) is 4.99 Å². The van der Waals surface area contributed by atoms with Crippen LogP contribution in [0.15, 0.2) is 50.8 Å². The predicted octanol–water partition coefficient (Wildman–Crippen LogP) is 3.75. The molecule has 0 saturated carbocycles. The van der Waals surface area contributed by atoms with E-state index in [0.29, 0.717) is 14.9 Å². The maximum absolute atomic E-state index is 13.0. The lowest BCUT2D eigenvalue weighted by Gasteiger charge is -2.12. The summed E-state index contributed by atoms with van der Waals surface area (Å²) in [5.41, 5.74) is 6.35. The number of ether oxygens (including phenoxy) is 2. The van der Waals surface area contributed by atoms with E-state index >= 15 is 0 Å². The molecule has 1 aliphatic rings. The van der Waals surface area contributed by atoms with Crippen LogP contribution in [0.2, 0.25) is 0 Å². The predicted molar refractivity (Wildman–Crippen MR) is 104 cm³/mol. The maximum atomic E-state index is 13.0. The lowest BCUT2D eigenvalue weighted by Crippen LogP contribution is -2.10. The molecule has 27 heavy (non-hydrogen) atoms. The number of nitrogens with two attached hydrogens (primary N) is 1. The van der Waals surface area contributed by atoms with Crippen molar-refractivity contribution in [3.05, 3.63) is 62.7 Å². The van der Waals surface area contributed by atoms with Gasteiger partial charge in [-0.25, -0.2) is 9.18 Å². The van der Waals surface area contributed by atoms with Gasteiger partial charge in [-0.05, 0) is 75.7 Å². The molecule has 1 aliphatic heterocycles. The summed E-state index contributed by atoms with van der Waals surface area (Å²) < 4.78 is 24.1. The minimum Gasteiger partial charge on any atom is -0.493 e. The molecule has 0 saturated heterocycles. The van der Waals surface area contributed by atoms with Crippen LogP contribution >= 0.6 is 27.7 Å². The van der Waals surface area contributed by atoms with Crippen LogP contribution in [-0.4, -0.2) is 24.2 Å². The first-order valence-corrected chi connectivity index (χ1v) is 9.11. The Hall–Kier alpha value is -2.65. The highest BCUT2D eigenvalue weighted by atomic mass is 79.9. The Kier molecular flexibility index (Phi) is 5.62. The van der Waals surface area contributed by atoms with Crippen LogP contribution in [0.1, 0.15) is 15.9 Å². The van der Waals surface area contributed by atoms with Gasteiger partial charge >= 0.3 is 5.97 Å². The van der Waals surface area contributed by atoms with Gasteiger partial charge in [0, 0.05) is 0 Å². The summed E-state index contributed by atoms with van der Waals surface area (Å²) in [5.74, 6) is -1.10. The molecule has 0 fully saturated rings. The van der Waals surface area contributed by atoms with Crippen LogP contribution in [0.25, 0.3) is 6.08 Å². The van der Waals surface area contributed by atoms with E-state index in [-0.39, 0.29) is 22.2 Å². The van der Waals surface area contributed by atoms with Gasteiger partial charge in [-0.15, -0.1) is 0 Å². The molecule has 0 aliphatic carbocycles. The number of thioether (sulfide) groups is 1. The van der Waals surface area contributed by atoms with Crippen LogP contribution in [0.3, 0.4) is 0 Å². The fraction of sp³-hybridized carbons (Fsp3) is 0.0556. The molecule has 9 heteroatoms. The van der Waals surface area contributed by atoms with Gasteiger partial charge in [-0.1, -0.05) is 0 Å². The number of amidine groups is 1. The van der Waals surface area contributed by atoms with Crippen molar-refractivity contribution < 1.29 is 23.5 Å². The van der Waals surface area contributed by atoms with Gasteiger partial charge in [0.15, 0.2) is 16.7 Å². The van der Waals surface area contributed by atoms with Gasteiger partial charge in [0.1, 0.15) is 5.82 Å². The smallest absolute Gasteiger partial charge is 0.343 e. The van der Waals surface area contributed by atoms with E-state index in [0.717, 1.165) is 11.8 Å². The number of methoxy groups -OCH3 is 1. The molecule has 2 N–H and O–H groups in total. The van der Waals surface area contributed by atoms with Crippen molar-refractivity contribution in [3.63, 3.8) is 0 Å². The third-order valence-corrected chi connectivity index (χ3v) is 4.86. The molecule has 1 heterocycles. The average molecular weight is 451 g/mol. The van der Waals surface area contributed by atoms with E-state index in [1.807, 2.05) is 0 Å². The highest BCUT2D eigenvalue weighted by Crippen LogP contribution is 2.38. The van der Waals surface area contributed by atoms with E-state index in [2.05, 4.69) is 20.9 Å². The Bertz CT molecular complexity index is 990. The van der Waals surface area contributed by atoms with Gasteiger partial charge < -0.3 is 15.2 Å². The standard InChI is InChI=1S/C18H12BrFN2O4S/c1-25-13-7-9(8-14-16(23)22-18(21)27-14)6-12(19)15(13)26-17(24)10-2-4-11(20)5-3-10/h2-8H,1H3,(H2,21,22,23)/b14-8-. The van der Waals surface area contributed by atoms with Crippen molar-refractivity contribution >= 4 is 50.8 Å². The summed E-state index contributed by atoms with van der Waals surface area (Å²) in [6, 6.07) is 8.25. The molecule has 2 aromatic carbocycles. The lowest BCUT2D eigenvalue weighted by atomic mass is 10.1. The largest absolute Gasteiger partial charge is 0.493 e. The van der Waals surface area contributed by atoms with Crippen molar-refractivity contribution in [2.75, 3.05) is 7.11 Å². The maximum Gasteiger partial charge on any atom is 0.343 e. The number of hydrogen-bond acceptors (Lipinski definition) is 6. The van der Waals surface area contributed by atoms with Crippen LogP contribution in [0.5, 0.6) is 11.5 Å². The van der Waals surface area contributed by atoms with Crippen molar-refractivity contribution in [3.8, 4) is 11.5 Å². The topological polar surface area (TPSA) is 91.0 Å². The summed E-state index contributed by atoms with van der Waals surface area (Å²) in [4.78, 5) is 28.0. The summed E-state index contributed by atoms with van der Waals surface area (Å²) in [7, 11) is 1.42. The Balaban J connectivity index is 1.88. The molecule has 2 aromatic rings. The number of nitrogens with zero attached hydrogens (tertiary/aromatic N) is 1. The zero-order chi connectivity index (χ0) is 19.6. The molecule has 6 nitrogen and oxygen atoms in total. The second-order valence-corrected chi connectivity index (χ2v) is 7.21. The Morgan fingerprint density at radius 2 is 2.00 bits per heavy atom. The average Bonchev–Trinajstić information content (AvgIpc) is 2.94. The van der Waals surface area contributed by atoms with Gasteiger partial charge in [-0.3, -0.25) is 4.79 Å². The fourth-order valence-electron chi connectivity index (χ4n) is 2.24. The van der Waals surface area contributed by atoms with E-state index in [4.69, 9.17) is 15.2 Å². The van der Waals surface area contributed by atoms with Crippen LogP contribution in [-0.2, 0) is 4.79 Å². The van der Waals surface area contributed by atoms with Crippen LogP contribution in [0.4, 0.5) is 4.39 Å². The number of carbonyl (C=O) groups is 2. The zero-order valence-electron chi connectivity index (χ0n) is 13.9. The summed E-state index contributed by atoms with van der Waals surface area (Å²) in [6.07, 6.45) is 1.61. The number of halogens is 2.